The molecular weight excluding hydrogens is 327 g/mol. The molecule has 0 bridgehead atoms. The molecule has 0 aliphatic carbocycles. The lowest BCUT2D eigenvalue weighted by Gasteiger charge is -2.35. The Morgan fingerprint density at radius 2 is 1.81 bits per heavy atom. The molecule has 0 fully saturated rings. The third-order valence-electron chi connectivity index (χ3n) is 3.14. The van der Waals surface area contributed by atoms with Crippen LogP contribution in [0.1, 0.15) is 34.1 Å². The van der Waals surface area contributed by atoms with Gasteiger partial charge in [0.05, 0.1) is 6.61 Å². The molecule has 0 rings (SSSR count). The Morgan fingerprint density at radius 1 is 1.25 bits per heavy atom. The molecule has 0 aromatic rings. The van der Waals surface area contributed by atoms with E-state index in [4.69, 9.17) is 4.43 Å². The van der Waals surface area contributed by atoms with Crippen LogP contribution in [0.5, 0.6) is 0 Å². The van der Waals surface area contributed by atoms with E-state index in [1.54, 1.807) is 0 Å². The Bertz CT molecular complexity index is 262. The lowest BCUT2D eigenvalue weighted by atomic mass is 10.2. The Hall–Kier alpha value is 0.387. The van der Waals surface area contributed by atoms with Crippen molar-refractivity contribution in [2.45, 2.75) is 52.2 Å². The lowest BCUT2D eigenvalue weighted by molar-refractivity contribution is 0.328. The minimum absolute atomic E-state index is 0.304. The summed E-state index contributed by atoms with van der Waals surface area (Å²) in [4.78, 5) is 0. The van der Waals surface area contributed by atoms with Gasteiger partial charge in [-0.1, -0.05) is 61.1 Å². The summed E-state index contributed by atoms with van der Waals surface area (Å²) in [5.74, 6) is 0. The maximum absolute atomic E-state index is 6.04. The summed E-state index contributed by atoms with van der Waals surface area (Å²) in [5.41, 5.74) is 1.39. The monoisotopic (exact) mass is 352 g/mol. The Labute approximate surface area is 116 Å². The maximum atomic E-state index is 6.04. The van der Waals surface area contributed by atoms with Gasteiger partial charge < -0.3 is 4.43 Å². The first-order chi connectivity index (χ1) is 7.20. The summed E-state index contributed by atoms with van der Waals surface area (Å²) >= 11 is 2.28. The third-order valence-corrected chi connectivity index (χ3v) is 8.70. The zero-order chi connectivity index (χ0) is 12.8. The minimum Gasteiger partial charge on any atom is -0.413 e. The summed E-state index contributed by atoms with van der Waals surface area (Å²) < 4.78 is 8.16. The molecule has 0 aromatic heterocycles. The molecule has 0 saturated heterocycles. The second-order valence-electron chi connectivity index (χ2n) is 5.70. The fraction of sp³-hybridized carbons (Fsp3) is 0.692. The standard InChI is InChI=1S/C13H25IOSi/c1-12(11-14)9-7-8-10-15-16(5,6)13(2,3)4/h7-8,11H,9-10H2,1-6H3/b8-7-,12-11+. The van der Waals surface area contributed by atoms with Crippen molar-refractivity contribution in [1.82, 2.24) is 0 Å². The first-order valence-electron chi connectivity index (χ1n) is 5.75. The average molecular weight is 352 g/mol. The smallest absolute Gasteiger partial charge is 0.192 e. The van der Waals surface area contributed by atoms with Gasteiger partial charge in [0.1, 0.15) is 0 Å². The van der Waals surface area contributed by atoms with Crippen molar-refractivity contribution in [2.75, 3.05) is 6.61 Å². The normalized spacial score (nSPS) is 14.8. The van der Waals surface area contributed by atoms with Crippen molar-refractivity contribution in [3.63, 3.8) is 0 Å². The summed E-state index contributed by atoms with van der Waals surface area (Å²) in [6.07, 6.45) is 5.37. The predicted octanol–water partition coefficient (Wildman–Crippen LogP) is 5.29. The molecule has 0 aromatic carbocycles. The highest BCUT2D eigenvalue weighted by Gasteiger charge is 2.36. The van der Waals surface area contributed by atoms with Crippen molar-refractivity contribution in [3.05, 3.63) is 21.8 Å². The van der Waals surface area contributed by atoms with Crippen LogP contribution in [0, 0.1) is 0 Å². The maximum Gasteiger partial charge on any atom is 0.192 e. The van der Waals surface area contributed by atoms with E-state index in [0.717, 1.165) is 13.0 Å². The SMILES string of the molecule is C/C(=C\I)C/C=C\CO[Si](C)(C)C(C)(C)C. The van der Waals surface area contributed by atoms with Crippen molar-refractivity contribution in [2.24, 2.45) is 0 Å². The molecule has 0 aliphatic heterocycles. The zero-order valence-corrected chi connectivity index (χ0v) is 14.6. The van der Waals surface area contributed by atoms with Gasteiger partial charge in [0.15, 0.2) is 8.32 Å². The highest BCUT2D eigenvalue weighted by Crippen LogP contribution is 2.36. The largest absolute Gasteiger partial charge is 0.413 e. The number of rotatable bonds is 5. The van der Waals surface area contributed by atoms with Crippen LogP contribution in [0.2, 0.25) is 18.1 Å². The number of allylic oxidation sites excluding steroid dienone is 2. The molecule has 3 heteroatoms. The van der Waals surface area contributed by atoms with Gasteiger partial charge in [0.2, 0.25) is 0 Å². The van der Waals surface area contributed by atoms with E-state index in [1.807, 2.05) is 0 Å². The zero-order valence-electron chi connectivity index (χ0n) is 11.4. The lowest BCUT2D eigenvalue weighted by Crippen LogP contribution is -2.40. The van der Waals surface area contributed by atoms with Gasteiger partial charge in [-0.05, 0) is 35.6 Å². The molecule has 0 spiro atoms. The van der Waals surface area contributed by atoms with Crippen LogP contribution in [0.25, 0.3) is 0 Å². The molecule has 0 amide bonds. The predicted molar refractivity (Wildman–Crippen MR) is 84.7 cm³/mol. The number of hydrogen-bond donors (Lipinski definition) is 0. The van der Waals surface area contributed by atoms with Crippen LogP contribution in [-0.4, -0.2) is 14.9 Å². The average Bonchev–Trinajstić information content (AvgIpc) is 2.15. The molecule has 16 heavy (non-hydrogen) atoms. The molecule has 0 saturated carbocycles. The third kappa shape index (κ3) is 6.20. The van der Waals surface area contributed by atoms with Crippen molar-refractivity contribution < 1.29 is 4.43 Å². The summed E-state index contributed by atoms with van der Waals surface area (Å²) in [5, 5.41) is 0.304. The van der Waals surface area contributed by atoms with E-state index in [1.165, 1.54) is 5.57 Å². The molecule has 0 N–H and O–H groups in total. The molecule has 0 radical (unpaired) electrons. The highest BCUT2D eigenvalue weighted by atomic mass is 127. The van der Waals surface area contributed by atoms with E-state index >= 15 is 0 Å². The van der Waals surface area contributed by atoms with Crippen LogP contribution in [0.4, 0.5) is 0 Å². The second-order valence-corrected chi connectivity index (χ2v) is 11.1. The quantitative estimate of drug-likeness (QED) is 0.371. The van der Waals surface area contributed by atoms with E-state index in [2.05, 4.69) is 79.6 Å². The molecule has 0 aliphatic rings. The summed E-state index contributed by atoms with van der Waals surface area (Å²) in [6, 6.07) is 0. The fourth-order valence-corrected chi connectivity index (χ4v) is 2.05. The summed E-state index contributed by atoms with van der Waals surface area (Å²) in [7, 11) is -1.56. The van der Waals surface area contributed by atoms with Crippen LogP contribution in [-0.2, 0) is 4.43 Å². The van der Waals surface area contributed by atoms with Crippen molar-refractivity contribution in [1.29, 1.82) is 0 Å². The van der Waals surface area contributed by atoms with Gasteiger partial charge in [-0.25, -0.2) is 0 Å². The molecule has 0 unspecified atom stereocenters. The number of halogens is 1. The first-order valence-corrected chi connectivity index (χ1v) is 9.91. The highest BCUT2D eigenvalue weighted by molar-refractivity contribution is 14.1. The van der Waals surface area contributed by atoms with Gasteiger partial charge >= 0.3 is 0 Å². The second kappa shape index (κ2) is 6.96. The van der Waals surface area contributed by atoms with E-state index < -0.39 is 8.32 Å². The van der Waals surface area contributed by atoms with Crippen LogP contribution in [0.15, 0.2) is 21.8 Å². The molecule has 0 atom stereocenters. The molecule has 0 heterocycles. The fourth-order valence-electron chi connectivity index (χ4n) is 0.855. The first kappa shape index (κ1) is 16.4. The van der Waals surface area contributed by atoms with Crippen LogP contribution < -0.4 is 0 Å². The van der Waals surface area contributed by atoms with Crippen LogP contribution in [0.3, 0.4) is 0 Å². The molecule has 94 valence electrons. The van der Waals surface area contributed by atoms with Gasteiger partial charge in [-0.3, -0.25) is 0 Å². The Morgan fingerprint density at radius 3 is 2.25 bits per heavy atom. The van der Waals surface area contributed by atoms with Gasteiger partial charge in [-0.15, -0.1) is 0 Å². The summed E-state index contributed by atoms with van der Waals surface area (Å²) in [6.45, 7) is 14.3. The topological polar surface area (TPSA) is 9.23 Å². The van der Waals surface area contributed by atoms with Gasteiger partial charge in [0, 0.05) is 0 Å². The van der Waals surface area contributed by atoms with E-state index in [9.17, 15) is 0 Å². The van der Waals surface area contributed by atoms with Gasteiger partial charge in [-0.2, -0.15) is 0 Å². The number of hydrogen-bond acceptors (Lipinski definition) is 1. The van der Waals surface area contributed by atoms with E-state index in [0.29, 0.717) is 5.04 Å². The minimum atomic E-state index is -1.56. The van der Waals surface area contributed by atoms with E-state index in [-0.39, 0.29) is 0 Å². The molecule has 1 nitrogen and oxygen atoms in total. The van der Waals surface area contributed by atoms with Gasteiger partial charge in [0.25, 0.3) is 0 Å². The van der Waals surface area contributed by atoms with Crippen LogP contribution >= 0.6 is 22.6 Å². The molecular formula is C13H25IOSi. The van der Waals surface area contributed by atoms with Crippen molar-refractivity contribution >= 4 is 30.9 Å². The Kier molecular flexibility index (Phi) is 7.13. The van der Waals surface area contributed by atoms with Crippen molar-refractivity contribution in [3.8, 4) is 0 Å². The Balaban J connectivity index is 3.99.